The lowest BCUT2D eigenvalue weighted by molar-refractivity contribution is -0.115. The Kier molecular flexibility index (Phi) is 4.05. The van der Waals surface area contributed by atoms with Crippen molar-refractivity contribution < 1.29 is 13.8 Å². The number of nitrogens with one attached hydrogen (secondary N) is 1. The number of benzene rings is 1. The summed E-state index contributed by atoms with van der Waals surface area (Å²) in [6.45, 7) is 1.79. The van der Waals surface area contributed by atoms with Crippen LogP contribution in [0, 0.1) is 6.92 Å². The van der Waals surface area contributed by atoms with E-state index in [1.807, 2.05) is 30.3 Å². The van der Waals surface area contributed by atoms with Crippen molar-refractivity contribution in [2.75, 3.05) is 23.8 Å². The number of carbonyl (C=O) groups excluding carboxylic acids is 1. The van der Waals surface area contributed by atoms with Gasteiger partial charge in [0, 0.05) is 18.7 Å². The van der Waals surface area contributed by atoms with E-state index in [0.717, 1.165) is 5.56 Å². The predicted octanol–water partition coefficient (Wildman–Crippen LogP) is 2.11. The first-order valence-corrected chi connectivity index (χ1v) is 6.95. The quantitative estimate of drug-likeness (QED) is 0.770. The summed E-state index contributed by atoms with van der Waals surface area (Å²) in [4.78, 5) is 17.8. The van der Waals surface area contributed by atoms with Gasteiger partial charge in [0.1, 0.15) is 12.3 Å². The van der Waals surface area contributed by atoms with Crippen LogP contribution in [0.2, 0.25) is 0 Å². The fourth-order valence-corrected chi connectivity index (χ4v) is 1.97. The minimum Gasteiger partial charge on any atom is -0.360 e. The van der Waals surface area contributed by atoms with Gasteiger partial charge in [-0.3, -0.25) is 4.79 Å². The van der Waals surface area contributed by atoms with Crippen LogP contribution in [-0.2, 0) is 4.79 Å². The zero-order valence-electron chi connectivity index (χ0n) is 12.7. The van der Waals surface area contributed by atoms with Gasteiger partial charge in [-0.05, 0) is 6.92 Å². The molecule has 0 saturated carbocycles. The van der Waals surface area contributed by atoms with E-state index in [9.17, 15) is 4.79 Å². The molecule has 2 aromatic heterocycles. The Labute approximate surface area is 132 Å². The molecule has 118 valence electrons. The predicted molar refractivity (Wildman–Crippen MR) is 82.9 cm³/mol. The highest BCUT2D eigenvalue weighted by atomic mass is 16.5. The lowest BCUT2D eigenvalue weighted by Crippen LogP contribution is -2.30. The van der Waals surface area contributed by atoms with Gasteiger partial charge in [0.05, 0.1) is 0 Å². The lowest BCUT2D eigenvalue weighted by atomic mass is 10.2. The van der Waals surface area contributed by atoms with Crippen LogP contribution in [0.3, 0.4) is 0 Å². The molecule has 0 unspecified atom stereocenters. The molecule has 0 radical (unpaired) electrons. The second-order valence-corrected chi connectivity index (χ2v) is 4.99. The molecule has 3 aromatic rings. The second-order valence-electron chi connectivity index (χ2n) is 4.99. The van der Waals surface area contributed by atoms with Gasteiger partial charge >= 0.3 is 6.01 Å². The Hall–Kier alpha value is -3.16. The standard InChI is InChI=1S/C15H15N5O3/c1-10-8-12(18-22-10)16-13(21)9-20(2)15-17-14(19-23-15)11-6-4-3-5-7-11/h3-8H,9H2,1-2H3,(H,16,18,21). The van der Waals surface area contributed by atoms with E-state index in [4.69, 9.17) is 9.05 Å². The van der Waals surface area contributed by atoms with Crippen LogP contribution in [0.15, 0.2) is 45.4 Å². The Balaban J connectivity index is 1.63. The summed E-state index contributed by atoms with van der Waals surface area (Å²) in [6, 6.07) is 11.4. The van der Waals surface area contributed by atoms with Gasteiger partial charge in [0.2, 0.25) is 11.7 Å². The summed E-state index contributed by atoms with van der Waals surface area (Å²) in [5.74, 6) is 1.20. The normalized spacial score (nSPS) is 10.5. The van der Waals surface area contributed by atoms with Crippen molar-refractivity contribution >= 4 is 17.7 Å². The van der Waals surface area contributed by atoms with Crippen LogP contribution in [0.5, 0.6) is 0 Å². The topological polar surface area (TPSA) is 97.3 Å². The van der Waals surface area contributed by atoms with E-state index >= 15 is 0 Å². The van der Waals surface area contributed by atoms with Crippen molar-refractivity contribution in [1.82, 2.24) is 15.3 Å². The number of rotatable bonds is 5. The molecule has 0 atom stereocenters. The molecule has 0 aliphatic rings. The highest BCUT2D eigenvalue weighted by Gasteiger charge is 2.16. The number of hydrogen-bond acceptors (Lipinski definition) is 7. The number of aryl methyl sites for hydroxylation is 1. The van der Waals surface area contributed by atoms with Gasteiger partial charge in [-0.1, -0.05) is 40.6 Å². The monoisotopic (exact) mass is 313 g/mol. The summed E-state index contributed by atoms with van der Waals surface area (Å²) >= 11 is 0. The maximum Gasteiger partial charge on any atom is 0.324 e. The number of nitrogens with zero attached hydrogens (tertiary/aromatic N) is 4. The third-order valence-corrected chi connectivity index (χ3v) is 3.05. The molecule has 0 aliphatic heterocycles. The van der Waals surface area contributed by atoms with Gasteiger partial charge < -0.3 is 19.3 Å². The molecular weight excluding hydrogens is 298 g/mol. The van der Waals surface area contributed by atoms with E-state index in [1.165, 1.54) is 0 Å². The van der Waals surface area contributed by atoms with Gasteiger partial charge in [0.25, 0.3) is 0 Å². The minimum atomic E-state index is -0.264. The summed E-state index contributed by atoms with van der Waals surface area (Å²) in [7, 11) is 1.69. The molecule has 2 heterocycles. The molecular formula is C15H15N5O3. The SMILES string of the molecule is Cc1cc(NC(=O)CN(C)c2nc(-c3ccccc3)no2)no1. The van der Waals surface area contributed by atoms with Gasteiger partial charge in [0.15, 0.2) is 5.82 Å². The Morgan fingerprint density at radius 2 is 2.00 bits per heavy atom. The maximum atomic E-state index is 12.0. The lowest BCUT2D eigenvalue weighted by Gasteiger charge is -2.12. The Morgan fingerprint density at radius 1 is 1.22 bits per heavy atom. The van der Waals surface area contributed by atoms with Crippen molar-refractivity contribution in [1.29, 1.82) is 0 Å². The fourth-order valence-electron chi connectivity index (χ4n) is 1.97. The third-order valence-electron chi connectivity index (χ3n) is 3.05. The third kappa shape index (κ3) is 3.54. The number of likely N-dealkylation sites (N-methyl/N-ethyl adjacent to an activating group) is 1. The van der Waals surface area contributed by atoms with Crippen molar-refractivity contribution in [3.05, 3.63) is 42.2 Å². The first kappa shape index (κ1) is 14.8. The largest absolute Gasteiger partial charge is 0.360 e. The molecule has 1 amide bonds. The molecule has 1 N–H and O–H groups in total. The molecule has 1 aromatic carbocycles. The van der Waals surface area contributed by atoms with E-state index in [2.05, 4.69) is 20.6 Å². The highest BCUT2D eigenvalue weighted by molar-refractivity contribution is 5.92. The van der Waals surface area contributed by atoms with Gasteiger partial charge in [-0.15, -0.1) is 0 Å². The first-order chi connectivity index (χ1) is 11.1. The summed E-state index contributed by atoms with van der Waals surface area (Å²) in [5, 5.41) is 10.2. The fraction of sp³-hybridized carbons (Fsp3) is 0.200. The highest BCUT2D eigenvalue weighted by Crippen LogP contribution is 2.18. The number of amides is 1. The number of aromatic nitrogens is 3. The maximum absolute atomic E-state index is 12.0. The van der Waals surface area contributed by atoms with Gasteiger partial charge in [-0.25, -0.2) is 0 Å². The smallest absolute Gasteiger partial charge is 0.324 e. The van der Waals surface area contributed by atoms with Crippen molar-refractivity contribution in [3.63, 3.8) is 0 Å². The summed E-state index contributed by atoms with van der Waals surface area (Å²) in [5.41, 5.74) is 0.846. The molecule has 0 aliphatic carbocycles. The van der Waals surface area contributed by atoms with Gasteiger partial charge in [-0.2, -0.15) is 4.98 Å². The minimum absolute atomic E-state index is 0.0440. The zero-order valence-corrected chi connectivity index (χ0v) is 12.7. The van der Waals surface area contributed by atoms with Crippen LogP contribution < -0.4 is 10.2 Å². The zero-order chi connectivity index (χ0) is 16.2. The summed E-state index contributed by atoms with van der Waals surface area (Å²) < 4.78 is 10.1. The molecule has 0 bridgehead atoms. The van der Waals surface area contributed by atoms with E-state index in [-0.39, 0.29) is 18.5 Å². The van der Waals surface area contributed by atoms with E-state index in [0.29, 0.717) is 17.4 Å². The average molecular weight is 313 g/mol. The number of anilines is 2. The van der Waals surface area contributed by atoms with E-state index < -0.39 is 0 Å². The second kappa shape index (κ2) is 6.30. The number of carbonyl (C=O) groups is 1. The van der Waals surface area contributed by atoms with Crippen LogP contribution in [-0.4, -0.2) is 34.8 Å². The average Bonchev–Trinajstić information content (AvgIpc) is 3.17. The molecule has 0 saturated heterocycles. The van der Waals surface area contributed by atoms with Crippen LogP contribution in [0.1, 0.15) is 5.76 Å². The summed E-state index contributed by atoms with van der Waals surface area (Å²) in [6.07, 6.45) is 0. The number of hydrogen-bond donors (Lipinski definition) is 1. The van der Waals surface area contributed by atoms with Crippen LogP contribution in [0.4, 0.5) is 11.8 Å². The van der Waals surface area contributed by atoms with Crippen molar-refractivity contribution in [2.45, 2.75) is 6.92 Å². The van der Waals surface area contributed by atoms with Crippen LogP contribution >= 0.6 is 0 Å². The molecule has 23 heavy (non-hydrogen) atoms. The first-order valence-electron chi connectivity index (χ1n) is 6.95. The van der Waals surface area contributed by atoms with Crippen molar-refractivity contribution in [3.8, 4) is 11.4 Å². The Bertz CT molecular complexity index is 796. The Morgan fingerprint density at radius 3 is 2.70 bits per heavy atom. The molecule has 0 fully saturated rings. The van der Waals surface area contributed by atoms with Crippen LogP contribution in [0.25, 0.3) is 11.4 Å². The van der Waals surface area contributed by atoms with Crippen molar-refractivity contribution in [2.24, 2.45) is 0 Å². The molecule has 0 spiro atoms. The van der Waals surface area contributed by atoms with E-state index in [1.54, 1.807) is 24.9 Å². The molecule has 8 nitrogen and oxygen atoms in total. The molecule has 8 heteroatoms. The molecule has 3 rings (SSSR count).